The van der Waals surface area contributed by atoms with Crippen molar-refractivity contribution in [3.63, 3.8) is 0 Å². The van der Waals surface area contributed by atoms with Gasteiger partial charge < -0.3 is 20.1 Å². The van der Waals surface area contributed by atoms with E-state index in [-0.39, 0.29) is 17.2 Å². The van der Waals surface area contributed by atoms with Gasteiger partial charge in [-0.3, -0.25) is 9.59 Å². The van der Waals surface area contributed by atoms with E-state index in [1.165, 1.54) is 0 Å². The summed E-state index contributed by atoms with van der Waals surface area (Å²) in [5.41, 5.74) is 1.51. The maximum absolute atomic E-state index is 12.9. The number of benzene rings is 1. The standard InChI is InChI=1S/C18H22N2O4S/c1-9(2)12(17(23)24)19-14(21)13-18(3,4)25-16-11-8-6-5-7-10(11)15(22)20(13)16/h5-9,12-13,16H,1-4H3,(H,19,21)(H,23,24)/p-1/t12-,13-,16+/m1/s1. The summed E-state index contributed by atoms with van der Waals surface area (Å²) in [4.78, 5) is 38.6. The summed E-state index contributed by atoms with van der Waals surface area (Å²) in [7, 11) is 0. The molecule has 1 aromatic rings. The Morgan fingerprint density at radius 1 is 1.28 bits per heavy atom. The van der Waals surface area contributed by atoms with Crippen LogP contribution in [0, 0.1) is 5.92 Å². The lowest BCUT2D eigenvalue weighted by atomic mass is 9.98. The third-order valence-corrected chi connectivity index (χ3v) is 6.30. The Morgan fingerprint density at radius 3 is 2.52 bits per heavy atom. The normalized spacial score (nSPS) is 24.8. The minimum atomic E-state index is -1.32. The molecule has 2 aliphatic rings. The number of carboxylic acids is 1. The number of fused-ring (bicyclic) bond motifs is 3. The van der Waals surface area contributed by atoms with Crippen LogP contribution in [0.2, 0.25) is 0 Å². The van der Waals surface area contributed by atoms with Gasteiger partial charge in [-0.25, -0.2) is 0 Å². The molecule has 3 rings (SSSR count). The fourth-order valence-corrected chi connectivity index (χ4v) is 5.12. The molecule has 2 aliphatic heterocycles. The molecule has 25 heavy (non-hydrogen) atoms. The second kappa shape index (κ2) is 6.05. The smallest absolute Gasteiger partial charge is 0.256 e. The van der Waals surface area contributed by atoms with Crippen molar-refractivity contribution in [2.45, 2.75) is 49.9 Å². The monoisotopic (exact) mass is 361 g/mol. The average Bonchev–Trinajstić information content (AvgIpc) is 2.95. The van der Waals surface area contributed by atoms with Crippen LogP contribution in [0.4, 0.5) is 0 Å². The second-order valence-electron chi connectivity index (χ2n) is 7.33. The number of nitrogens with zero attached hydrogens (tertiary/aromatic N) is 1. The first-order valence-electron chi connectivity index (χ1n) is 8.26. The summed E-state index contributed by atoms with van der Waals surface area (Å²) in [6, 6.07) is 5.50. The molecule has 2 amide bonds. The highest BCUT2D eigenvalue weighted by Crippen LogP contribution is 2.56. The summed E-state index contributed by atoms with van der Waals surface area (Å²) in [5, 5.41) is 13.6. The molecule has 3 atom stereocenters. The predicted molar refractivity (Wildman–Crippen MR) is 92.6 cm³/mol. The van der Waals surface area contributed by atoms with Gasteiger partial charge >= 0.3 is 0 Å². The molecular formula is C18H21N2O4S-. The zero-order chi connectivity index (χ0) is 18.5. The SMILES string of the molecule is CC(C)[C@@H](NC(=O)[C@H]1N2C(=O)c3ccccc3[C@@H]2SC1(C)C)C(=O)[O-]. The van der Waals surface area contributed by atoms with Crippen LogP contribution >= 0.6 is 11.8 Å². The van der Waals surface area contributed by atoms with Gasteiger partial charge in [0, 0.05) is 10.3 Å². The van der Waals surface area contributed by atoms with Gasteiger partial charge in [-0.05, 0) is 31.4 Å². The molecular weight excluding hydrogens is 340 g/mol. The van der Waals surface area contributed by atoms with Gasteiger partial charge in [0.25, 0.3) is 5.91 Å². The molecule has 0 saturated carbocycles. The van der Waals surface area contributed by atoms with Gasteiger partial charge in [0.2, 0.25) is 5.91 Å². The number of thioether (sulfide) groups is 1. The first kappa shape index (κ1) is 17.8. The number of carbonyl (C=O) groups excluding carboxylic acids is 3. The molecule has 2 heterocycles. The third-order valence-electron chi connectivity index (χ3n) is 4.76. The topological polar surface area (TPSA) is 89.5 Å². The Kier molecular flexibility index (Phi) is 4.31. The third kappa shape index (κ3) is 2.80. The summed E-state index contributed by atoms with van der Waals surface area (Å²) < 4.78 is -0.536. The number of nitrogens with one attached hydrogen (secondary N) is 1. The van der Waals surface area contributed by atoms with E-state index in [0.717, 1.165) is 5.56 Å². The predicted octanol–water partition coefficient (Wildman–Crippen LogP) is 0.926. The molecule has 134 valence electrons. The largest absolute Gasteiger partial charge is 0.548 e. The Balaban J connectivity index is 1.93. The molecule has 0 bridgehead atoms. The zero-order valence-corrected chi connectivity index (χ0v) is 15.4. The summed E-state index contributed by atoms with van der Waals surface area (Å²) in [5.74, 6) is -2.27. The molecule has 0 unspecified atom stereocenters. The summed E-state index contributed by atoms with van der Waals surface area (Å²) >= 11 is 1.55. The van der Waals surface area contributed by atoms with Gasteiger partial charge in [0.05, 0.1) is 12.0 Å². The van der Waals surface area contributed by atoms with Crippen LogP contribution in [-0.2, 0) is 9.59 Å². The van der Waals surface area contributed by atoms with E-state index in [2.05, 4.69) is 5.32 Å². The summed E-state index contributed by atoms with van der Waals surface area (Å²) in [6.45, 7) is 7.21. The van der Waals surface area contributed by atoms with Gasteiger partial charge in [0.15, 0.2) is 0 Å². The highest BCUT2D eigenvalue weighted by atomic mass is 32.2. The molecule has 0 aromatic heterocycles. The van der Waals surface area contributed by atoms with Crippen molar-refractivity contribution in [2.75, 3.05) is 0 Å². The van der Waals surface area contributed by atoms with E-state index < -0.39 is 28.7 Å². The average molecular weight is 361 g/mol. The summed E-state index contributed by atoms with van der Waals surface area (Å²) in [6.07, 6.45) is 0. The van der Waals surface area contributed by atoms with Gasteiger partial charge in [-0.15, -0.1) is 11.8 Å². The number of hydrogen-bond acceptors (Lipinski definition) is 5. The van der Waals surface area contributed by atoms with E-state index in [1.54, 1.807) is 42.6 Å². The Morgan fingerprint density at radius 2 is 1.92 bits per heavy atom. The van der Waals surface area contributed by atoms with Crippen molar-refractivity contribution < 1.29 is 19.5 Å². The number of carbonyl (C=O) groups is 3. The Hall–Kier alpha value is -2.02. The quantitative estimate of drug-likeness (QED) is 0.862. The first-order chi connectivity index (χ1) is 11.6. The van der Waals surface area contributed by atoms with Crippen LogP contribution < -0.4 is 10.4 Å². The molecule has 0 spiro atoms. The molecule has 1 N–H and O–H groups in total. The lowest BCUT2D eigenvalue weighted by molar-refractivity contribution is -0.309. The van der Waals surface area contributed by atoms with Crippen LogP contribution in [0.1, 0.15) is 49.0 Å². The first-order valence-corrected chi connectivity index (χ1v) is 9.13. The highest BCUT2D eigenvalue weighted by molar-refractivity contribution is 8.01. The van der Waals surface area contributed by atoms with Crippen molar-refractivity contribution in [1.29, 1.82) is 0 Å². The lowest BCUT2D eigenvalue weighted by Gasteiger charge is -2.32. The van der Waals surface area contributed by atoms with Gasteiger partial charge in [-0.2, -0.15) is 0 Å². The molecule has 1 fully saturated rings. The van der Waals surface area contributed by atoms with E-state index in [9.17, 15) is 19.5 Å². The van der Waals surface area contributed by atoms with Crippen LogP contribution in [-0.4, -0.2) is 39.5 Å². The number of carboxylic acid groups (broad SMARTS) is 1. The molecule has 0 radical (unpaired) electrons. The Bertz CT molecular complexity index is 746. The van der Waals surface area contributed by atoms with Crippen molar-refractivity contribution >= 4 is 29.5 Å². The van der Waals surface area contributed by atoms with E-state index in [4.69, 9.17) is 0 Å². The van der Waals surface area contributed by atoms with E-state index >= 15 is 0 Å². The van der Waals surface area contributed by atoms with Crippen molar-refractivity contribution in [2.24, 2.45) is 5.92 Å². The lowest BCUT2D eigenvalue weighted by Crippen LogP contribution is -2.58. The van der Waals surface area contributed by atoms with Crippen molar-refractivity contribution in [1.82, 2.24) is 10.2 Å². The highest BCUT2D eigenvalue weighted by Gasteiger charge is 2.57. The number of rotatable bonds is 4. The number of hydrogen-bond donors (Lipinski definition) is 1. The van der Waals surface area contributed by atoms with Crippen molar-refractivity contribution in [3.8, 4) is 0 Å². The van der Waals surface area contributed by atoms with Gasteiger partial charge in [-0.1, -0.05) is 32.0 Å². The van der Waals surface area contributed by atoms with Crippen LogP contribution in [0.3, 0.4) is 0 Å². The van der Waals surface area contributed by atoms with E-state index in [1.807, 2.05) is 26.0 Å². The number of aliphatic carboxylic acids is 1. The minimum Gasteiger partial charge on any atom is -0.548 e. The zero-order valence-electron chi connectivity index (χ0n) is 14.6. The van der Waals surface area contributed by atoms with Crippen LogP contribution in [0.15, 0.2) is 24.3 Å². The van der Waals surface area contributed by atoms with E-state index in [0.29, 0.717) is 5.56 Å². The molecule has 6 nitrogen and oxygen atoms in total. The minimum absolute atomic E-state index is 0.187. The number of amides is 2. The van der Waals surface area contributed by atoms with Gasteiger partial charge in [0.1, 0.15) is 11.4 Å². The van der Waals surface area contributed by atoms with Crippen molar-refractivity contribution in [3.05, 3.63) is 35.4 Å². The maximum atomic E-state index is 12.9. The second-order valence-corrected chi connectivity index (χ2v) is 9.06. The molecule has 0 aliphatic carbocycles. The van der Waals surface area contributed by atoms with Crippen LogP contribution in [0.25, 0.3) is 0 Å². The molecule has 7 heteroatoms. The fraction of sp³-hybridized carbons (Fsp3) is 0.500. The molecule has 1 saturated heterocycles. The maximum Gasteiger partial charge on any atom is 0.256 e. The Labute approximate surface area is 151 Å². The van der Waals surface area contributed by atoms with Crippen LogP contribution in [0.5, 0.6) is 0 Å². The molecule has 1 aromatic carbocycles. The fourth-order valence-electron chi connectivity index (χ4n) is 3.53.